The molecule has 6 heterocycles. The number of aromatic nitrogens is 6. The van der Waals surface area contributed by atoms with E-state index in [2.05, 4.69) is 30.9 Å². The molecule has 2 aromatic carbocycles. The van der Waals surface area contributed by atoms with E-state index >= 15 is 0 Å². The first-order chi connectivity index (χ1) is 40.6. The maximum absolute atomic E-state index is 14.1. The smallest absolute Gasteiger partial charge is 0.442 e. The molecule has 2 aliphatic rings. The number of nitrogens with one attached hydrogen (secondary N) is 2. The lowest BCUT2D eigenvalue weighted by atomic mass is 9.84. The number of benzene rings is 2. The first-order valence-electron chi connectivity index (χ1n) is 25.4. The van der Waals surface area contributed by atoms with Crippen LogP contribution in [0, 0.1) is 0 Å². The highest BCUT2D eigenvalue weighted by Gasteiger charge is 2.61. The number of anilines is 2. The molecule has 4 aromatic heterocycles. The van der Waals surface area contributed by atoms with Crippen molar-refractivity contribution >= 4 is 112 Å². The number of carboxylic acids is 2. The Balaban J connectivity index is 0.881. The van der Waals surface area contributed by atoms with Crippen LogP contribution in [0.2, 0.25) is 0 Å². The lowest BCUT2D eigenvalue weighted by Gasteiger charge is -2.52. The van der Waals surface area contributed by atoms with Gasteiger partial charge < -0.3 is 62.9 Å². The number of carboxylic acid groups (broad SMARTS) is 2. The van der Waals surface area contributed by atoms with Crippen LogP contribution in [-0.4, -0.2) is 169 Å². The van der Waals surface area contributed by atoms with Crippen LogP contribution in [0.1, 0.15) is 39.1 Å². The number of ether oxygens (including phenoxy) is 2. The van der Waals surface area contributed by atoms with Gasteiger partial charge in [-0.25, -0.2) is 19.6 Å². The molecule has 0 spiro atoms. The molecule has 8 rings (SSSR count). The molecule has 0 unspecified atom stereocenters. The van der Waals surface area contributed by atoms with E-state index in [0.717, 1.165) is 22.7 Å². The maximum Gasteiger partial charge on any atom is 0.442 e. The summed E-state index contributed by atoms with van der Waals surface area (Å²) in [6.07, 6.45) is -0.953. The van der Waals surface area contributed by atoms with E-state index in [9.17, 15) is 65.0 Å². The zero-order valence-electron chi connectivity index (χ0n) is 46.5. The number of halogens is 4. The standard InChI is InChI=1S/C48H54F4N16O16S3/c1-45(2)35(59-37(69)33(27-17-85-43(55)57-27)61-81-31(41(73)74)15-79-25-7-9-29-23(11-25)13-65(63(29)5)21-47(49,50)19-53)39(71)67(45)83-87(77,78)84-68-40(72)36(46(68,3)4)60-38(70)34(28-18-86-44(56)58-28)62-82-32(42(75)76)16-80-26-8-10-30-24(12-26)14-66(64(30)6)22-48(51,52)20-54/h7-14,17-18,31-32,35-36H,15-16,19-22,53-54H2,1-6H3,(H6-2,55,56,57,58,59,60,69,70,73,74,75,76)/p+2/b61-33-,62-34-/t31-,32-,35+,36+/m0/s1. The van der Waals surface area contributed by atoms with Crippen LogP contribution in [-0.2, 0) is 84.6 Å². The first-order valence-corrected chi connectivity index (χ1v) is 28.4. The van der Waals surface area contributed by atoms with Crippen LogP contribution in [0.4, 0.5) is 27.8 Å². The molecule has 6 aromatic rings. The van der Waals surface area contributed by atoms with Crippen LogP contribution in [0.3, 0.4) is 0 Å². The van der Waals surface area contributed by atoms with Gasteiger partial charge in [0.25, 0.3) is 35.8 Å². The van der Waals surface area contributed by atoms with Crippen LogP contribution in [0.25, 0.3) is 21.8 Å². The number of carbonyl (C=O) groups is 6. The predicted molar refractivity (Wildman–Crippen MR) is 293 cm³/mol. The molecule has 0 bridgehead atoms. The van der Waals surface area contributed by atoms with Gasteiger partial charge in [0, 0.05) is 10.8 Å². The van der Waals surface area contributed by atoms with Gasteiger partial charge in [-0.1, -0.05) is 10.3 Å². The number of aryl methyl sites for hydroxylation is 2. The molecule has 4 amide bonds. The summed E-state index contributed by atoms with van der Waals surface area (Å²) in [5.74, 6) is -14.2. The number of fused-ring (bicyclic) bond motifs is 2. The molecule has 468 valence electrons. The molecule has 32 nitrogen and oxygen atoms in total. The number of amides is 4. The fraction of sp³-hybridized carbons (Fsp3) is 0.417. The van der Waals surface area contributed by atoms with Crippen LogP contribution in [0.15, 0.2) is 69.9 Å². The van der Waals surface area contributed by atoms with Gasteiger partial charge in [0.15, 0.2) is 21.7 Å². The number of rotatable bonds is 28. The molecule has 0 radical (unpaired) electrons. The minimum Gasteiger partial charge on any atom is -0.489 e. The summed E-state index contributed by atoms with van der Waals surface area (Å²) >= 11 is 1.71. The van der Waals surface area contributed by atoms with Gasteiger partial charge >= 0.3 is 34.2 Å². The average molecular weight is 1290 g/mol. The van der Waals surface area contributed by atoms with Crippen LogP contribution < -0.4 is 52.4 Å². The summed E-state index contributed by atoms with van der Waals surface area (Å²) in [4.78, 5) is 97.9. The molecular weight excluding hydrogens is 1230 g/mol. The van der Waals surface area contributed by atoms with E-state index in [1.54, 1.807) is 26.2 Å². The third-order valence-electron chi connectivity index (χ3n) is 13.5. The normalized spacial score (nSPS) is 17.8. The number of nitrogen functional groups attached to an aromatic ring is 2. The number of β-lactam (4-membered cyclic amide) rings is 2. The highest BCUT2D eigenvalue weighted by molar-refractivity contribution is 7.81. The Morgan fingerprint density at radius 3 is 1.38 bits per heavy atom. The summed E-state index contributed by atoms with van der Waals surface area (Å²) < 4.78 is 110. The topological polar surface area (TPSA) is 435 Å². The SMILES string of the molecule is Cn1c2ccc(OC[C@H](O/N=C(\C(=O)N[C@@H]3C(=O)N(OS(=O)(=O)ON4C(=O)[C@@H](NC(=O)/C(=N\O[C@@H](COc5ccc6c(c5)c[n+](CC(F)(F)CN)n6C)C(=O)O)c5csc(N)n5)C4(C)C)C3(C)C)c3csc(N)n3)C(=O)O)cc2c[n+]1CC(F)(F)CN. The third kappa shape index (κ3) is 13.9. The molecule has 0 saturated carbocycles. The molecule has 39 heteroatoms. The molecule has 87 heavy (non-hydrogen) atoms. The monoisotopic (exact) mass is 1280 g/mol. The van der Waals surface area contributed by atoms with Crippen molar-refractivity contribution < 1.29 is 102 Å². The molecule has 0 aliphatic carbocycles. The number of alkyl halides is 4. The van der Waals surface area contributed by atoms with Crippen molar-refractivity contribution in [2.75, 3.05) is 37.8 Å². The van der Waals surface area contributed by atoms with E-state index in [4.69, 9.17) is 50.7 Å². The summed E-state index contributed by atoms with van der Waals surface area (Å²) in [6.45, 7) is 0.416. The second kappa shape index (κ2) is 24.5. The van der Waals surface area contributed by atoms with E-state index in [1.165, 1.54) is 93.8 Å². The average Bonchev–Trinajstić information content (AvgIpc) is 1.67. The van der Waals surface area contributed by atoms with Gasteiger partial charge in [0.05, 0.1) is 49.0 Å². The van der Waals surface area contributed by atoms with Gasteiger partial charge in [-0.15, -0.1) is 40.6 Å². The van der Waals surface area contributed by atoms with Gasteiger partial charge in [-0.2, -0.15) is 45.5 Å². The van der Waals surface area contributed by atoms with Crippen molar-refractivity contribution in [1.82, 2.24) is 40.1 Å². The van der Waals surface area contributed by atoms with Crippen molar-refractivity contribution in [2.24, 2.45) is 35.9 Å². The van der Waals surface area contributed by atoms with Crippen molar-refractivity contribution in [3.8, 4) is 11.5 Å². The highest BCUT2D eigenvalue weighted by atomic mass is 32.3. The Morgan fingerprint density at radius 1 is 0.701 bits per heavy atom. The Bertz CT molecular complexity index is 3630. The predicted octanol–water partition coefficient (Wildman–Crippen LogP) is -0.964. The minimum atomic E-state index is -5.42. The molecular formula is C48H56F4N16O16S3+2. The van der Waals surface area contributed by atoms with Crippen LogP contribution in [0.5, 0.6) is 11.5 Å². The lowest BCUT2D eigenvalue weighted by molar-refractivity contribution is -0.783. The van der Waals surface area contributed by atoms with Crippen molar-refractivity contribution in [2.45, 2.75) is 88.0 Å². The van der Waals surface area contributed by atoms with E-state index in [-0.39, 0.29) is 33.1 Å². The van der Waals surface area contributed by atoms with Gasteiger partial charge in [-0.3, -0.25) is 19.2 Å². The van der Waals surface area contributed by atoms with Crippen LogP contribution >= 0.6 is 22.7 Å². The number of hydroxylamine groups is 4. The Kier molecular flexibility index (Phi) is 18.0. The van der Waals surface area contributed by atoms with E-state index < -0.39 is 144 Å². The zero-order chi connectivity index (χ0) is 63.9. The number of hydrogen-bond acceptors (Lipinski definition) is 24. The summed E-state index contributed by atoms with van der Waals surface area (Å²) in [5.41, 5.74) is 17.7. The maximum atomic E-state index is 14.1. The van der Waals surface area contributed by atoms with Gasteiger partial charge in [-0.05, 0) is 64.1 Å². The van der Waals surface area contributed by atoms with Gasteiger partial charge in [0.2, 0.25) is 25.5 Å². The van der Waals surface area contributed by atoms with Crippen molar-refractivity contribution in [1.29, 1.82) is 0 Å². The zero-order valence-corrected chi connectivity index (χ0v) is 48.9. The Morgan fingerprint density at radius 2 is 1.07 bits per heavy atom. The van der Waals surface area contributed by atoms with Gasteiger partial charge in [0.1, 0.15) is 59.2 Å². The summed E-state index contributed by atoms with van der Waals surface area (Å²) in [7, 11) is -2.32. The minimum absolute atomic E-state index is 0.0643. The second-order valence-corrected chi connectivity index (χ2v) is 23.4. The first kappa shape index (κ1) is 64.1. The fourth-order valence-corrected chi connectivity index (χ4v) is 10.7. The Labute approximate surface area is 496 Å². The Hall–Kier alpha value is -8.89. The number of oxime groups is 2. The third-order valence-corrected chi connectivity index (χ3v) is 15.5. The molecule has 2 fully saturated rings. The fourth-order valence-electron chi connectivity index (χ4n) is 8.64. The largest absolute Gasteiger partial charge is 0.489 e. The molecule has 12 N–H and O–H groups in total. The number of carbonyl (C=O) groups excluding carboxylic acids is 4. The molecule has 2 aliphatic heterocycles. The van der Waals surface area contributed by atoms with E-state index in [1.807, 2.05) is 0 Å². The van der Waals surface area contributed by atoms with Crippen molar-refractivity contribution in [3.05, 3.63) is 70.9 Å². The number of thiazole rings is 2. The summed E-state index contributed by atoms with van der Waals surface area (Å²) in [6, 6.07) is 5.73. The lowest BCUT2D eigenvalue weighted by Crippen LogP contribution is -2.78. The second-order valence-electron chi connectivity index (χ2n) is 20.5. The summed E-state index contributed by atoms with van der Waals surface area (Å²) in [5, 5.41) is 36.1. The number of hydrogen-bond donors (Lipinski definition) is 8. The number of nitrogens with two attached hydrogens (primary N) is 4. The quantitative estimate of drug-likeness (QED) is 0.00963. The number of aliphatic carboxylic acids is 2. The molecule has 4 atom stereocenters. The number of nitrogens with zero attached hydrogens (tertiary/aromatic N) is 10. The molecule has 2 saturated heterocycles. The highest BCUT2D eigenvalue weighted by Crippen LogP contribution is 2.37. The van der Waals surface area contributed by atoms with E-state index in [0.29, 0.717) is 31.9 Å². The van der Waals surface area contributed by atoms with Crippen molar-refractivity contribution in [3.63, 3.8) is 0 Å².